The molecule has 1 heterocycles. The molecule has 26 heavy (non-hydrogen) atoms. The second-order valence-corrected chi connectivity index (χ2v) is 6.92. The lowest BCUT2D eigenvalue weighted by Gasteiger charge is -2.21. The summed E-state index contributed by atoms with van der Waals surface area (Å²) in [7, 11) is 1.53. The van der Waals surface area contributed by atoms with E-state index in [1.54, 1.807) is 23.1 Å². The molecule has 0 aliphatic carbocycles. The molecule has 1 saturated heterocycles. The second kappa shape index (κ2) is 7.38. The number of hydrogen-bond donors (Lipinski definition) is 1. The van der Waals surface area contributed by atoms with Gasteiger partial charge in [0.1, 0.15) is 5.75 Å². The first-order valence-corrected chi connectivity index (χ1v) is 8.79. The first-order valence-electron chi connectivity index (χ1n) is 8.41. The number of hydrogen-bond acceptors (Lipinski definition) is 3. The van der Waals surface area contributed by atoms with E-state index in [1.807, 2.05) is 32.0 Å². The molecule has 2 aromatic rings. The number of aryl methyl sites for hydroxylation is 2. The van der Waals surface area contributed by atoms with Crippen LogP contribution in [0.3, 0.4) is 0 Å². The number of ether oxygens (including phenoxy) is 1. The maximum atomic E-state index is 12.7. The molecule has 0 spiro atoms. The van der Waals surface area contributed by atoms with Crippen LogP contribution in [0.1, 0.15) is 17.5 Å². The Bertz CT molecular complexity index is 846. The number of methoxy groups -OCH3 is 1. The molecule has 0 saturated carbocycles. The van der Waals surface area contributed by atoms with Gasteiger partial charge in [-0.2, -0.15) is 0 Å². The molecule has 5 nitrogen and oxygen atoms in total. The van der Waals surface area contributed by atoms with Gasteiger partial charge in [0.15, 0.2) is 0 Å². The van der Waals surface area contributed by atoms with E-state index in [0.717, 1.165) is 16.8 Å². The molecular formula is C20H21ClN2O3. The number of carbonyl (C=O) groups is 2. The first-order chi connectivity index (χ1) is 12.4. The minimum absolute atomic E-state index is 0.0411. The third kappa shape index (κ3) is 3.53. The van der Waals surface area contributed by atoms with Gasteiger partial charge in [-0.15, -0.1) is 0 Å². The van der Waals surface area contributed by atoms with Crippen LogP contribution in [-0.2, 0) is 9.59 Å². The molecule has 136 valence electrons. The van der Waals surface area contributed by atoms with Gasteiger partial charge < -0.3 is 15.0 Å². The summed E-state index contributed by atoms with van der Waals surface area (Å²) in [6.07, 6.45) is 0.183. The van der Waals surface area contributed by atoms with Crippen LogP contribution in [0.2, 0.25) is 5.02 Å². The Hall–Kier alpha value is -2.53. The van der Waals surface area contributed by atoms with Gasteiger partial charge >= 0.3 is 0 Å². The Balaban J connectivity index is 1.79. The lowest BCUT2D eigenvalue weighted by Crippen LogP contribution is -2.29. The minimum Gasteiger partial charge on any atom is -0.495 e. The SMILES string of the molecule is COc1ccc(Cl)cc1NC(=O)C1CC(=O)N(c2c(C)cccc2C)C1. The van der Waals surface area contributed by atoms with Crippen molar-refractivity contribution >= 4 is 34.8 Å². The van der Waals surface area contributed by atoms with Gasteiger partial charge in [0.05, 0.1) is 18.7 Å². The van der Waals surface area contributed by atoms with Gasteiger partial charge in [-0.1, -0.05) is 29.8 Å². The molecule has 1 aliphatic rings. The smallest absolute Gasteiger partial charge is 0.229 e. The van der Waals surface area contributed by atoms with E-state index in [4.69, 9.17) is 16.3 Å². The molecule has 6 heteroatoms. The number of nitrogens with zero attached hydrogens (tertiary/aromatic N) is 1. The van der Waals surface area contributed by atoms with Gasteiger partial charge in [-0.25, -0.2) is 0 Å². The fourth-order valence-corrected chi connectivity index (χ4v) is 3.52. The molecule has 0 bridgehead atoms. The minimum atomic E-state index is -0.426. The van der Waals surface area contributed by atoms with Crippen LogP contribution in [0.25, 0.3) is 0 Å². The van der Waals surface area contributed by atoms with Gasteiger partial charge in [-0.3, -0.25) is 9.59 Å². The zero-order valence-electron chi connectivity index (χ0n) is 15.0. The van der Waals surface area contributed by atoms with Gasteiger partial charge in [0.25, 0.3) is 0 Å². The van der Waals surface area contributed by atoms with E-state index in [2.05, 4.69) is 5.32 Å². The van der Waals surface area contributed by atoms with Crippen LogP contribution in [0.15, 0.2) is 36.4 Å². The molecule has 3 rings (SSSR count). The van der Waals surface area contributed by atoms with Gasteiger partial charge in [0, 0.05) is 23.7 Å². The average Bonchev–Trinajstić information content (AvgIpc) is 2.97. The van der Waals surface area contributed by atoms with Crippen LogP contribution in [-0.4, -0.2) is 25.5 Å². The van der Waals surface area contributed by atoms with Crippen LogP contribution in [0, 0.1) is 19.8 Å². The van der Waals surface area contributed by atoms with Crippen LogP contribution >= 0.6 is 11.6 Å². The van der Waals surface area contributed by atoms with Crippen molar-refractivity contribution in [3.8, 4) is 5.75 Å². The summed E-state index contributed by atoms with van der Waals surface area (Å²) in [5.74, 6) is -0.155. The molecule has 1 fully saturated rings. The number of anilines is 2. The van der Waals surface area contributed by atoms with Gasteiger partial charge in [-0.05, 0) is 43.2 Å². The quantitative estimate of drug-likeness (QED) is 0.883. The van der Waals surface area contributed by atoms with E-state index in [9.17, 15) is 9.59 Å². The monoisotopic (exact) mass is 372 g/mol. The van der Waals surface area contributed by atoms with Crippen molar-refractivity contribution in [3.63, 3.8) is 0 Å². The van der Waals surface area contributed by atoms with E-state index in [0.29, 0.717) is 23.0 Å². The summed E-state index contributed by atoms with van der Waals surface area (Å²) in [5, 5.41) is 3.34. The van der Waals surface area contributed by atoms with Crippen LogP contribution < -0.4 is 15.0 Å². The Morgan fingerprint density at radius 3 is 2.58 bits per heavy atom. The third-order valence-corrected chi connectivity index (χ3v) is 4.86. The predicted molar refractivity (Wildman–Crippen MR) is 103 cm³/mol. The van der Waals surface area contributed by atoms with Crippen molar-refractivity contribution in [1.82, 2.24) is 0 Å². The molecule has 2 amide bonds. The van der Waals surface area contributed by atoms with Gasteiger partial charge in [0.2, 0.25) is 11.8 Å². The fourth-order valence-electron chi connectivity index (χ4n) is 3.34. The van der Waals surface area contributed by atoms with Crippen molar-refractivity contribution in [2.45, 2.75) is 20.3 Å². The largest absolute Gasteiger partial charge is 0.495 e. The lowest BCUT2D eigenvalue weighted by molar-refractivity contribution is -0.122. The number of amides is 2. The summed E-state index contributed by atoms with van der Waals surface area (Å²) in [4.78, 5) is 26.9. The summed E-state index contributed by atoms with van der Waals surface area (Å²) in [5.41, 5.74) is 3.45. The van der Waals surface area contributed by atoms with Crippen LogP contribution in [0.5, 0.6) is 5.75 Å². The second-order valence-electron chi connectivity index (χ2n) is 6.48. The standard InChI is InChI=1S/C20H21ClN2O3/c1-12-5-4-6-13(2)19(12)23-11-14(9-18(23)24)20(25)22-16-10-15(21)7-8-17(16)26-3/h4-8,10,14H,9,11H2,1-3H3,(H,22,25). The van der Waals surface area contributed by atoms with Crippen LogP contribution in [0.4, 0.5) is 11.4 Å². The Morgan fingerprint density at radius 1 is 1.23 bits per heavy atom. The summed E-state index contributed by atoms with van der Waals surface area (Å²) in [6, 6.07) is 10.9. The highest BCUT2D eigenvalue weighted by molar-refractivity contribution is 6.31. The number of nitrogens with one attached hydrogen (secondary N) is 1. The molecule has 1 aliphatic heterocycles. The van der Waals surface area contributed by atoms with Crippen molar-refractivity contribution in [2.75, 3.05) is 23.9 Å². The normalized spacial score (nSPS) is 16.7. The summed E-state index contributed by atoms with van der Waals surface area (Å²) >= 11 is 6.01. The number of benzene rings is 2. The van der Waals surface area contributed by atoms with E-state index < -0.39 is 5.92 Å². The highest BCUT2D eigenvalue weighted by Gasteiger charge is 2.36. The Kier molecular flexibility index (Phi) is 5.18. The number of para-hydroxylation sites is 1. The summed E-state index contributed by atoms with van der Waals surface area (Å²) < 4.78 is 5.26. The Labute approximate surface area is 157 Å². The molecule has 1 unspecified atom stereocenters. The Morgan fingerprint density at radius 2 is 1.92 bits per heavy atom. The topological polar surface area (TPSA) is 58.6 Å². The van der Waals surface area contributed by atoms with E-state index in [1.165, 1.54) is 7.11 Å². The maximum Gasteiger partial charge on any atom is 0.229 e. The zero-order chi connectivity index (χ0) is 18.8. The summed E-state index contributed by atoms with van der Waals surface area (Å²) in [6.45, 7) is 4.30. The fraction of sp³-hybridized carbons (Fsp3) is 0.300. The van der Waals surface area contributed by atoms with Crippen molar-refractivity contribution in [3.05, 3.63) is 52.5 Å². The van der Waals surface area contributed by atoms with E-state index >= 15 is 0 Å². The lowest BCUT2D eigenvalue weighted by atomic mass is 10.1. The molecule has 1 atom stereocenters. The molecule has 2 aromatic carbocycles. The predicted octanol–water partition coefficient (Wildman–Crippen LogP) is 3.96. The molecule has 0 radical (unpaired) electrons. The highest BCUT2D eigenvalue weighted by Crippen LogP contribution is 2.33. The number of rotatable bonds is 4. The molecular weight excluding hydrogens is 352 g/mol. The first kappa shape index (κ1) is 18.3. The average molecular weight is 373 g/mol. The molecule has 1 N–H and O–H groups in total. The van der Waals surface area contributed by atoms with Crippen molar-refractivity contribution in [1.29, 1.82) is 0 Å². The number of halogens is 1. The molecule has 0 aromatic heterocycles. The third-order valence-electron chi connectivity index (χ3n) is 4.62. The highest BCUT2D eigenvalue weighted by atomic mass is 35.5. The number of carbonyl (C=O) groups excluding carboxylic acids is 2. The van der Waals surface area contributed by atoms with Crippen molar-refractivity contribution < 1.29 is 14.3 Å². The van der Waals surface area contributed by atoms with Crippen molar-refractivity contribution in [2.24, 2.45) is 5.92 Å². The maximum absolute atomic E-state index is 12.7. The zero-order valence-corrected chi connectivity index (χ0v) is 15.8. The van der Waals surface area contributed by atoms with E-state index in [-0.39, 0.29) is 18.2 Å².